The van der Waals surface area contributed by atoms with Crippen molar-refractivity contribution in [2.24, 2.45) is 11.1 Å². The molecule has 6 nitrogen and oxygen atoms in total. The fraction of sp³-hybridized carbons (Fsp3) is 0.579. The summed E-state index contributed by atoms with van der Waals surface area (Å²) in [6.07, 6.45) is 1.17. The first kappa shape index (κ1) is 19.2. The van der Waals surface area contributed by atoms with Gasteiger partial charge in [-0.15, -0.1) is 0 Å². The van der Waals surface area contributed by atoms with E-state index in [0.29, 0.717) is 39.1 Å². The third-order valence-electron chi connectivity index (χ3n) is 4.68. The summed E-state index contributed by atoms with van der Waals surface area (Å²) >= 11 is 0. The molecule has 1 aliphatic rings. The molecule has 0 fully saturated rings. The SMILES string of the molecule is CN(CC(C)(C)CN)C(=O)CCNC(=O)N1CCc2ccccc2C1. The Morgan fingerprint density at radius 2 is 1.96 bits per heavy atom. The Morgan fingerprint density at radius 3 is 2.64 bits per heavy atom. The van der Waals surface area contributed by atoms with Gasteiger partial charge in [-0.2, -0.15) is 0 Å². The molecule has 0 bridgehead atoms. The van der Waals surface area contributed by atoms with E-state index in [0.717, 1.165) is 6.42 Å². The number of amides is 3. The molecule has 1 aromatic carbocycles. The van der Waals surface area contributed by atoms with E-state index < -0.39 is 0 Å². The van der Waals surface area contributed by atoms with Crippen molar-refractivity contribution in [3.8, 4) is 0 Å². The van der Waals surface area contributed by atoms with Crippen LogP contribution in [-0.4, -0.2) is 55.0 Å². The van der Waals surface area contributed by atoms with Crippen LogP contribution in [0.25, 0.3) is 0 Å². The number of hydrogen-bond acceptors (Lipinski definition) is 3. The topological polar surface area (TPSA) is 78.7 Å². The van der Waals surface area contributed by atoms with Gasteiger partial charge in [-0.3, -0.25) is 4.79 Å². The van der Waals surface area contributed by atoms with Gasteiger partial charge in [0.15, 0.2) is 0 Å². The molecule has 0 aliphatic carbocycles. The molecule has 3 N–H and O–H groups in total. The van der Waals surface area contributed by atoms with Gasteiger partial charge < -0.3 is 20.9 Å². The molecule has 25 heavy (non-hydrogen) atoms. The van der Waals surface area contributed by atoms with Crippen LogP contribution in [0.4, 0.5) is 4.79 Å². The Balaban J connectivity index is 1.75. The maximum absolute atomic E-state index is 12.3. The van der Waals surface area contributed by atoms with Gasteiger partial charge in [0.2, 0.25) is 5.91 Å². The van der Waals surface area contributed by atoms with Crippen LogP contribution >= 0.6 is 0 Å². The number of carbonyl (C=O) groups excluding carboxylic acids is 2. The van der Waals surface area contributed by atoms with Crippen LogP contribution in [-0.2, 0) is 17.8 Å². The van der Waals surface area contributed by atoms with Gasteiger partial charge in [0.05, 0.1) is 0 Å². The lowest BCUT2D eigenvalue weighted by Crippen LogP contribution is -2.44. The smallest absolute Gasteiger partial charge is 0.317 e. The van der Waals surface area contributed by atoms with E-state index in [1.54, 1.807) is 16.8 Å². The monoisotopic (exact) mass is 346 g/mol. The summed E-state index contributed by atoms with van der Waals surface area (Å²) in [6, 6.07) is 8.10. The number of carbonyl (C=O) groups is 2. The van der Waals surface area contributed by atoms with Crippen LogP contribution in [0.15, 0.2) is 24.3 Å². The summed E-state index contributed by atoms with van der Waals surface area (Å²) in [4.78, 5) is 28.0. The molecule has 0 saturated carbocycles. The average molecular weight is 346 g/mol. The predicted octanol–water partition coefficient (Wildman–Crippen LogP) is 1.59. The minimum absolute atomic E-state index is 0.0193. The Kier molecular flexibility index (Phi) is 6.42. The quantitative estimate of drug-likeness (QED) is 0.821. The molecule has 0 spiro atoms. The molecule has 0 atom stereocenters. The lowest BCUT2D eigenvalue weighted by Gasteiger charge is -2.30. The van der Waals surface area contributed by atoms with Gasteiger partial charge in [0, 0.05) is 39.6 Å². The van der Waals surface area contributed by atoms with E-state index in [1.807, 2.05) is 26.0 Å². The van der Waals surface area contributed by atoms with Crippen LogP contribution < -0.4 is 11.1 Å². The van der Waals surface area contributed by atoms with Crippen molar-refractivity contribution >= 4 is 11.9 Å². The van der Waals surface area contributed by atoms with Crippen molar-refractivity contribution in [3.05, 3.63) is 35.4 Å². The van der Waals surface area contributed by atoms with Crippen LogP contribution in [0.2, 0.25) is 0 Å². The highest BCUT2D eigenvalue weighted by molar-refractivity contribution is 5.78. The van der Waals surface area contributed by atoms with Gasteiger partial charge in [-0.25, -0.2) is 4.79 Å². The third-order valence-corrected chi connectivity index (χ3v) is 4.68. The lowest BCUT2D eigenvalue weighted by molar-refractivity contribution is -0.130. The van der Waals surface area contributed by atoms with Gasteiger partial charge in [-0.1, -0.05) is 38.1 Å². The molecule has 138 valence electrons. The minimum atomic E-state index is -0.104. The molecule has 6 heteroatoms. The van der Waals surface area contributed by atoms with E-state index in [-0.39, 0.29) is 17.4 Å². The van der Waals surface area contributed by atoms with Crippen molar-refractivity contribution in [3.63, 3.8) is 0 Å². The fourth-order valence-electron chi connectivity index (χ4n) is 3.04. The zero-order chi connectivity index (χ0) is 18.4. The van der Waals surface area contributed by atoms with Crippen LogP contribution in [0, 0.1) is 5.41 Å². The normalized spacial score (nSPS) is 14.0. The van der Waals surface area contributed by atoms with E-state index >= 15 is 0 Å². The Bertz CT molecular complexity index is 615. The molecular weight excluding hydrogens is 316 g/mol. The number of urea groups is 1. The van der Waals surface area contributed by atoms with E-state index in [4.69, 9.17) is 5.73 Å². The maximum atomic E-state index is 12.3. The number of rotatable bonds is 6. The fourth-order valence-corrected chi connectivity index (χ4v) is 3.04. The van der Waals surface area contributed by atoms with Gasteiger partial charge >= 0.3 is 6.03 Å². The molecule has 1 aromatic rings. The Hall–Kier alpha value is -2.08. The molecular formula is C19H30N4O2. The highest BCUT2D eigenvalue weighted by atomic mass is 16.2. The highest BCUT2D eigenvalue weighted by Crippen LogP contribution is 2.18. The lowest BCUT2D eigenvalue weighted by atomic mass is 9.93. The molecule has 1 aliphatic heterocycles. The first-order chi connectivity index (χ1) is 11.8. The number of nitrogens with zero attached hydrogens (tertiary/aromatic N) is 2. The summed E-state index contributed by atoms with van der Waals surface area (Å²) in [5, 5.41) is 2.86. The standard InChI is InChI=1S/C19H30N4O2/c1-19(2,13-20)14-22(3)17(24)8-10-21-18(25)23-11-9-15-6-4-5-7-16(15)12-23/h4-7H,8-14,20H2,1-3H3,(H,21,25). The van der Waals surface area contributed by atoms with Crippen molar-refractivity contribution in [1.82, 2.24) is 15.1 Å². The summed E-state index contributed by atoms with van der Waals surface area (Å²) in [5.41, 5.74) is 8.12. The maximum Gasteiger partial charge on any atom is 0.317 e. The van der Waals surface area contributed by atoms with Gasteiger partial charge in [0.1, 0.15) is 0 Å². The molecule has 3 amide bonds. The van der Waals surface area contributed by atoms with Crippen molar-refractivity contribution in [2.75, 3.05) is 33.2 Å². The second-order valence-electron chi connectivity index (χ2n) is 7.54. The number of hydrogen-bond donors (Lipinski definition) is 2. The number of nitrogens with one attached hydrogen (secondary N) is 1. The zero-order valence-electron chi connectivity index (χ0n) is 15.5. The Labute approximate surface area is 150 Å². The molecule has 0 unspecified atom stereocenters. The number of fused-ring (bicyclic) bond motifs is 1. The molecule has 2 rings (SSSR count). The minimum Gasteiger partial charge on any atom is -0.345 e. The second kappa shape index (κ2) is 8.34. The van der Waals surface area contributed by atoms with Crippen LogP contribution in [0.3, 0.4) is 0 Å². The summed E-state index contributed by atoms with van der Waals surface area (Å²) in [5.74, 6) is 0.0193. The van der Waals surface area contributed by atoms with Crippen LogP contribution in [0.1, 0.15) is 31.4 Å². The summed E-state index contributed by atoms with van der Waals surface area (Å²) in [6.45, 7) is 6.89. The van der Waals surface area contributed by atoms with Crippen molar-refractivity contribution in [2.45, 2.75) is 33.2 Å². The molecule has 0 saturated heterocycles. The third kappa shape index (κ3) is 5.46. The highest BCUT2D eigenvalue weighted by Gasteiger charge is 2.22. The number of benzene rings is 1. The Morgan fingerprint density at radius 1 is 1.28 bits per heavy atom. The first-order valence-electron chi connectivity index (χ1n) is 8.86. The first-order valence-corrected chi connectivity index (χ1v) is 8.86. The summed E-state index contributed by atoms with van der Waals surface area (Å²) < 4.78 is 0. The molecule has 0 radical (unpaired) electrons. The molecule has 1 heterocycles. The van der Waals surface area contributed by atoms with Gasteiger partial charge in [0.25, 0.3) is 0 Å². The van der Waals surface area contributed by atoms with Crippen molar-refractivity contribution < 1.29 is 9.59 Å². The second-order valence-corrected chi connectivity index (χ2v) is 7.54. The van der Waals surface area contributed by atoms with E-state index in [2.05, 4.69) is 17.4 Å². The predicted molar refractivity (Wildman–Crippen MR) is 99.0 cm³/mol. The van der Waals surface area contributed by atoms with Crippen molar-refractivity contribution in [1.29, 1.82) is 0 Å². The number of nitrogens with two attached hydrogens (primary N) is 1. The average Bonchev–Trinajstić information content (AvgIpc) is 2.60. The summed E-state index contributed by atoms with van der Waals surface area (Å²) in [7, 11) is 1.78. The van der Waals surface area contributed by atoms with E-state index in [9.17, 15) is 9.59 Å². The largest absolute Gasteiger partial charge is 0.345 e. The van der Waals surface area contributed by atoms with Crippen LogP contribution in [0.5, 0.6) is 0 Å². The zero-order valence-corrected chi connectivity index (χ0v) is 15.5. The van der Waals surface area contributed by atoms with Gasteiger partial charge in [-0.05, 0) is 29.5 Å². The van der Waals surface area contributed by atoms with E-state index in [1.165, 1.54) is 11.1 Å². The molecule has 0 aromatic heterocycles.